The van der Waals surface area contributed by atoms with Gasteiger partial charge in [-0.2, -0.15) is 10.2 Å². The Hall–Kier alpha value is -3.29. The molecule has 8 heteroatoms. The molecule has 116 valence electrons. The summed E-state index contributed by atoms with van der Waals surface area (Å²) in [6, 6.07) is 8.04. The SMILES string of the molecule is Cc1cc(C)n(-c2ccc(NC(=O)c3ccc(=O)[nH]n3)cn2)n1. The molecule has 0 radical (unpaired) electrons. The van der Waals surface area contributed by atoms with Crippen molar-refractivity contribution in [2.24, 2.45) is 0 Å². The lowest BCUT2D eigenvalue weighted by Crippen LogP contribution is -2.17. The van der Waals surface area contributed by atoms with E-state index in [-0.39, 0.29) is 11.3 Å². The normalized spacial score (nSPS) is 10.5. The summed E-state index contributed by atoms with van der Waals surface area (Å²) in [5, 5.41) is 12.9. The van der Waals surface area contributed by atoms with Crippen molar-refractivity contribution in [2.75, 3.05) is 5.32 Å². The zero-order chi connectivity index (χ0) is 16.4. The summed E-state index contributed by atoms with van der Waals surface area (Å²) in [5.74, 6) is 0.234. The lowest BCUT2D eigenvalue weighted by molar-refractivity contribution is 0.102. The van der Waals surface area contributed by atoms with Crippen LogP contribution in [0, 0.1) is 13.8 Å². The molecule has 0 unspecified atom stereocenters. The third kappa shape index (κ3) is 3.15. The number of carbonyl (C=O) groups excluding carboxylic acids is 1. The minimum Gasteiger partial charge on any atom is -0.319 e. The van der Waals surface area contributed by atoms with Crippen molar-refractivity contribution >= 4 is 11.6 Å². The summed E-state index contributed by atoms with van der Waals surface area (Å²) in [6.07, 6.45) is 1.54. The van der Waals surface area contributed by atoms with Gasteiger partial charge in [0, 0.05) is 11.8 Å². The summed E-state index contributed by atoms with van der Waals surface area (Å²) >= 11 is 0. The number of amides is 1. The van der Waals surface area contributed by atoms with Crippen LogP contribution < -0.4 is 10.9 Å². The number of aryl methyl sites for hydroxylation is 2. The number of aromatic nitrogens is 5. The average Bonchev–Trinajstić information content (AvgIpc) is 2.87. The fourth-order valence-corrected chi connectivity index (χ4v) is 2.11. The molecule has 23 heavy (non-hydrogen) atoms. The summed E-state index contributed by atoms with van der Waals surface area (Å²) in [5.41, 5.74) is 2.16. The molecule has 3 aromatic rings. The topological polar surface area (TPSA) is 106 Å². The van der Waals surface area contributed by atoms with E-state index in [0.29, 0.717) is 11.5 Å². The fraction of sp³-hybridized carbons (Fsp3) is 0.133. The van der Waals surface area contributed by atoms with Gasteiger partial charge in [0.15, 0.2) is 5.82 Å². The predicted octanol–water partition coefficient (Wildman–Crippen LogP) is 1.22. The first-order valence-corrected chi connectivity index (χ1v) is 6.90. The van der Waals surface area contributed by atoms with Crippen LogP contribution in [-0.4, -0.2) is 30.9 Å². The Morgan fingerprint density at radius 2 is 2.04 bits per heavy atom. The number of aromatic amines is 1. The van der Waals surface area contributed by atoms with E-state index in [1.807, 2.05) is 19.9 Å². The highest BCUT2D eigenvalue weighted by Gasteiger charge is 2.09. The van der Waals surface area contributed by atoms with Crippen LogP contribution in [0.4, 0.5) is 5.69 Å². The van der Waals surface area contributed by atoms with E-state index in [9.17, 15) is 9.59 Å². The standard InChI is InChI=1S/C15H14N6O2/c1-9-7-10(2)21(20-9)13-5-3-11(8-16-13)17-15(23)12-4-6-14(22)19-18-12/h3-8H,1-2H3,(H,17,23)(H,19,22). The van der Waals surface area contributed by atoms with E-state index in [2.05, 4.69) is 25.6 Å². The summed E-state index contributed by atoms with van der Waals surface area (Å²) in [4.78, 5) is 27.2. The number of anilines is 1. The second kappa shape index (κ2) is 5.84. The van der Waals surface area contributed by atoms with Gasteiger partial charge < -0.3 is 5.32 Å². The Morgan fingerprint density at radius 1 is 1.22 bits per heavy atom. The van der Waals surface area contributed by atoms with Crippen molar-refractivity contribution in [2.45, 2.75) is 13.8 Å². The minimum absolute atomic E-state index is 0.118. The molecule has 3 heterocycles. The lowest BCUT2D eigenvalue weighted by Gasteiger charge is -2.06. The molecule has 0 saturated heterocycles. The molecule has 0 saturated carbocycles. The van der Waals surface area contributed by atoms with E-state index in [1.54, 1.807) is 16.8 Å². The van der Waals surface area contributed by atoms with Gasteiger partial charge in [0.25, 0.3) is 11.5 Å². The largest absolute Gasteiger partial charge is 0.319 e. The Bertz CT molecular complexity index is 890. The number of rotatable bonds is 3. The van der Waals surface area contributed by atoms with Gasteiger partial charge in [-0.25, -0.2) is 14.8 Å². The van der Waals surface area contributed by atoms with Crippen molar-refractivity contribution in [3.05, 3.63) is 64.0 Å². The Balaban J connectivity index is 1.77. The van der Waals surface area contributed by atoms with Crippen LogP contribution in [0.15, 0.2) is 41.3 Å². The molecule has 0 aliphatic rings. The van der Waals surface area contributed by atoms with E-state index >= 15 is 0 Å². The Kier molecular flexibility index (Phi) is 3.71. The number of H-pyrrole nitrogens is 1. The molecule has 2 N–H and O–H groups in total. The summed E-state index contributed by atoms with van der Waals surface area (Å²) in [6.45, 7) is 3.86. The molecular weight excluding hydrogens is 296 g/mol. The minimum atomic E-state index is -0.429. The smallest absolute Gasteiger partial charge is 0.276 e. The zero-order valence-electron chi connectivity index (χ0n) is 12.6. The van der Waals surface area contributed by atoms with Crippen LogP contribution in [0.25, 0.3) is 5.82 Å². The first kappa shape index (κ1) is 14.6. The second-order valence-corrected chi connectivity index (χ2v) is 5.00. The number of carbonyl (C=O) groups is 1. The van der Waals surface area contributed by atoms with Crippen molar-refractivity contribution in [1.82, 2.24) is 25.0 Å². The van der Waals surface area contributed by atoms with Crippen molar-refractivity contribution in [1.29, 1.82) is 0 Å². The van der Waals surface area contributed by atoms with Gasteiger partial charge in [0.05, 0.1) is 17.6 Å². The maximum Gasteiger partial charge on any atom is 0.276 e. The predicted molar refractivity (Wildman–Crippen MR) is 83.6 cm³/mol. The van der Waals surface area contributed by atoms with Gasteiger partial charge in [0.2, 0.25) is 0 Å². The molecule has 3 rings (SSSR count). The van der Waals surface area contributed by atoms with E-state index in [4.69, 9.17) is 0 Å². The Morgan fingerprint density at radius 3 is 2.61 bits per heavy atom. The molecule has 0 fully saturated rings. The van der Waals surface area contributed by atoms with E-state index < -0.39 is 5.91 Å². The van der Waals surface area contributed by atoms with E-state index in [0.717, 1.165) is 11.4 Å². The van der Waals surface area contributed by atoms with Crippen molar-refractivity contribution < 1.29 is 4.79 Å². The number of hydrogen-bond acceptors (Lipinski definition) is 5. The van der Waals surface area contributed by atoms with Crippen molar-refractivity contribution in [3.8, 4) is 5.82 Å². The molecule has 0 bridgehead atoms. The molecule has 0 spiro atoms. The highest BCUT2D eigenvalue weighted by Crippen LogP contribution is 2.13. The molecule has 0 atom stereocenters. The molecule has 0 aliphatic heterocycles. The number of pyridine rings is 1. The average molecular weight is 310 g/mol. The van der Waals surface area contributed by atoms with Gasteiger partial charge in [0.1, 0.15) is 5.69 Å². The molecular formula is C15H14N6O2. The first-order chi connectivity index (χ1) is 11.0. The Labute approximate surface area is 131 Å². The van der Waals surface area contributed by atoms with Crippen LogP contribution in [0.2, 0.25) is 0 Å². The monoisotopic (exact) mass is 310 g/mol. The number of nitrogens with one attached hydrogen (secondary N) is 2. The van der Waals surface area contributed by atoms with Gasteiger partial charge in [-0.15, -0.1) is 0 Å². The third-order valence-electron chi connectivity index (χ3n) is 3.14. The van der Waals surface area contributed by atoms with Crippen molar-refractivity contribution in [3.63, 3.8) is 0 Å². The van der Waals surface area contributed by atoms with Crippen LogP contribution in [0.3, 0.4) is 0 Å². The second-order valence-electron chi connectivity index (χ2n) is 5.00. The fourth-order valence-electron chi connectivity index (χ4n) is 2.11. The van der Waals surface area contributed by atoms with Crippen LogP contribution in [0.1, 0.15) is 21.9 Å². The molecule has 1 amide bonds. The molecule has 8 nitrogen and oxygen atoms in total. The van der Waals surface area contributed by atoms with Gasteiger partial charge in [-0.05, 0) is 38.1 Å². The number of nitrogens with zero attached hydrogens (tertiary/aromatic N) is 4. The third-order valence-corrected chi connectivity index (χ3v) is 3.14. The van der Waals surface area contributed by atoms with Gasteiger partial charge in [-0.3, -0.25) is 9.59 Å². The highest BCUT2D eigenvalue weighted by atomic mass is 16.2. The lowest BCUT2D eigenvalue weighted by atomic mass is 10.3. The molecule has 0 aliphatic carbocycles. The van der Waals surface area contributed by atoms with Crippen LogP contribution in [0.5, 0.6) is 0 Å². The highest BCUT2D eigenvalue weighted by molar-refractivity contribution is 6.02. The van der Waals surface area contributed by atoms with E-state index in [1.165, 1.54) is 18.3 Å². The van der Waals surface area contributed by atoms with Crippen LogP contribution in [-0.2, 0) is 0 Å². The zero-order valence-corrected chi connectivity index (χ0v) is 12.6. The molecule has 0 aromatic carbocycles. The first-order valence-electron chi connectivity index (χ1n) is 6.90. The quantitative estimate of drug-likeness (QED) is 0.756. The van der Waals surface area contributed by atoms with Gasteiger partial charge in [-0.1, -0.05) is 0 Å². The summed E-state index contributed by atoms with van der Waals surface area (Å²) in [7, 11) is 0. The maximum absolute atomic E-state index is 12.0. The van der Waals surface area contributed by atoms with Crippen LogP contribution >= 0.6 is 0 Å². The van der Waals surface area contributed by atoms with Gasteiger partial charge >= 0.3 is 0 Å². The summed E-state index contributed by atoms with van der Waals surface area (Å²) < 4.78 is 1.73. The molecule has 3 aromatic heterocycles. The number of hydrogen-bond donors (Lipinski definition) is 2. The maximum atomic E-state index is 12.0.